The van der Waals surface area contributed by atoms with Crippen molar-refractivity contribution in [3.05, 3.63) is 75.7 Å². The molecule has 154 valence electrons. The van der Waals surface area contributed by atoms with Crippen molar-refractivity contribution in [2.75, 3.05) is 18.1 Å². The molecule has 1 aliphatic rings. The van der Waals surface area contributed by atoms with E-state index in [1.165, 1.54) is 23.1 Å². The van der Waals surface area contributed by atoms with Crippen molar-refractivity contribution in [1.82, 2.24) is 0 Å². The Morgan fingerprint density at radius 2 is 2.03 bits per heavy atom. The maximum atomic E-state index is 12.9. The minimum absolute atomic E-state index is 0.109. The average Bonchev–Trinajstić information content (AvgIpc) is 3.00. The number of amides is 1. The molecule has 0 N–H and O–H groups in total. The first-order chi connectivity index (χ1) is 14.4. The van der Waals surface area contributed by atoms with Crippen molar-refractivity contribution >= 4 is 51.7 Å². The molecule has 0 saturated carbocycles. The summed E-state index contributed by atoms with van der Waals surface area (Å²) in [6, 6.07) is 11.2. The normalized spacial score (nSPS) is 14.8. The summed E-state index contributed by atoms with van der Waals surface area (Å²) in [5, 5.41) is 11.0. The number of benzene rings is 2. The van der Waals surface area contributed by atoms with Crippen LogP contribution in [0.1, 0.15) is 12.5 Å². The van der Waals surface area contributed by atoms with Crippen molar-refractivity contribution in [1.29, 1.82) is 0 Å². The number of carbonyl (C=O) groups excluding carboxylic acids is 1. The number of thioether (sulfide) groups is 1. The summed E-state index contributed by atoms with van der Waals surface area (Å²) in [5.74, 6) is 0.802. The number of thiocarbonyl (C=S) groups is 1. The second-order valence-electron chi connectivity index (χ2n) is 6.03. The lowest BCUT2D eigenvalue weighted by atomic mass is 10.1. The van der Waals surface area contributed by atoms with Crippen molar-refractivity contribution in [2.45, 2.75) is 6.92 Å². The molecule has 1 saturated heterocycles. The number of rotatable bonds is 8. The molecule has 7 nitrogen and oxygen atoms in total. The molecular formula is C21H18N2O5S2. The second-order valence-corrected chi connectivity index (χ2v) is 7.71. The Labute approximate surface area is 183 Å². The fourth-order valence-electron chi connectivity index (χ4n) is 2.74. The summed E-state index contributed by atoms with van der Waals surface area (Å²) in [5.41, 5.74) is 0.990. The van der Waals surface area contributed by atoms with Crippen LogP contribution in [0.3, 0.4) is 0 Å². The van der Waals surface area contributed by atoms with Gasteiger partial charge in [0.1, 0.15) is 6.61 Å². The molecule has 0 aromatic heterocycles. The molecule has 0 radical (unpaired) electrons. The van der Waals surface area contributed by atoms with Gasteiger partial charge < -0.3 is 9.47 Å². The van der Waals surface area contributed by atoms with Crippen LogP contribution >= 0.6 is 24.0 Å². The van der Waals surface area contributed by atoms with Crippen molar-refractivity contribution in [3.63, 3.8) is 0 Å². The lowest BCUT2D eigenvalue weighted by Crippen LogP contribution is -2.27. The minimum Gasteiger partial charge on any atom is -0.490 e. The topological polar surface area (TPSA) is 81.9 Å². The van der Waals surface area contributed by atoms with E-state index < -0.39 is 4.92 Å². The number of ether oxygens (including phenoxy) is 2. The quantitative estimate of drug-likeness (QED) is 0.188. The van der Waals surface area contributed by atoms with Gasteiger partial charge in [-0.25, -0.2) is 0 Å². The van der Waals surface area contributed by atoms with Gasteiger partial charge in [0.2, 0.25) is 0 Å². The van der Waals surface area contributed by atoms with Crippen LogP contribution < -0.4 is 14.4 Å². The molecule has 2 aromatic carbocycles. The van der Waals surface area contributed by atoms with Gasteiger partial charge >= 0.3 is 0 Å². The molecule has 0 bridgehead atoms. The third-order valence-corrected chi connectivity index (χ3v) is 5.32. The monoisotopic (exact) mass is 442 g/mol. The van der Waals surface area contributed by atoms with E-state index >= 15 is 0 Å². The summed E-state index contributed by atoms with van der Waals surface area (Å²) in [4.78, 5) is 25.2. The Bertz CT molecular complexity index is 1050. The average molecular weight is 443 g/mol. The Hall–Kier alpha value is -3.17. The fourth-order valence-corrected chi connectivity index (χ4v) is 4.04. The highest BCUT2D eigenvalue weighted by Gasteiger charge is 2.34. The SMILES string of the molecule is C=CCOc1ccc(/C=C2\SC(=S)N(c3cccc([N+](=O)[O-])c3)C2=O)cc1OCC. The smallest absolute Gasteiger partial charge is 0.271 e. The molecule has 1 fully saturated rings. The van der Waals surface area contributed by atoms with Gasteiger partial charge in [0, 0.05) is 12.1 Å². The minimum atomic E-state index is -0.512. The van der Waals surface area contributed by atoms with Crippen LogP contribution in [0.2, 0.25) is 0 Å². The zero-order chi connectivity index (χ0) is 21.7. The highest BCUT2D eigenvalue weighted by molar-refractivity contribution is 8.27. The van der Waals surface area contributed by atoms with Crippen LogP contribution in [0.5, 0.6) is 11.5 Å². The van der Waals surface area contributed by atoms with E-state index in [0.717, 1.165) is 17.3 Å². The molecule has 1 amide bonds. The van der Waals surface area contributed by atoms with Crippen LogP contribution in [-0.4, -0.2) is 28.4 Å². The fraction of sp³-hybridized carbons (Fsp3) is 0.143. The Morgan fingerprint density at radius 3 is 2.73 bits per heavy atom. The van der Waals surface area contributed by atoms with Gasteiger partial charge in [-0.15, -0.1) is 0 Å². The summed E-state index contributed by atoms with van der Waals surface area (Å²) in [6.45, 7) is 6.31. The zero-order valence-corrected chi connectivity index (χ0v) is 17.7. The molecule has 0 atom stereocenters. The van der Waals surface area contributed by atoms with Crippen molar-refractivity contribution in [3.8, 4) is 11.5 Å². The number of anilines is 1. The molecule has 0 aliphatic carbocycles. The van der Waals surface area contributed by atoms with Gasteiger partial charge in [0.15, 0.2) is 15.8 Å². The third kappa shape index (κ3) is 4.69. The molecule has 30 heavy (non-hydrogen) atoms. The number of carbonyl (C=O) groups is 1. The van der Waals surface area contributed by atoms with Gasteiger partial charge in [0.05, 0.1) is 22.1 Å². The molecule has 2 aromatic rings. The first-order valence-electron chi connectivity index (χ1n) is 8.97. The Balaban J connectivity index is 1.90. The number of hydrogen-bond acceptors (Lipinski definition) is 7. The van der Waals surface area contributed by atoms with Crippen LogP contribution in [0.15, 0.2) is 60.0 Å². The van der Waals surface area contributed by atoms with Gasteiger partial charge in [-0.1, -0.05) is 48.8 Å². The summed E-state index contributed by atoms with van der Waals surface area (Å²) < 4.78 is 11.5. The molecule has 0 unspecified atom stereocenters. The number of nitro groups is 1. The number of non-ortho nitro benzene ring substituents is 1. The van der Waals surface area contributed by atoms with E-state index in [2.05, 4.69) is 6.58 Å². The third-order valence-electron chi connectivity index (χ3n) is 4.01. The lowest BCUT2D eigenvalue weighted by Gasteiger charge is -2.14. The largest absolute Gasteiger partial charge is 0.490 e. The van der Waals surface area contributed by atoms with E-state index in [4.69, 9.17) is 21.7 Å². The lowest BCUT2D eigenvalue weighted by molar-refractivity contribution is -0.384. The van der Waals surface area contributed by atoms with Crippen molar-refractivity contribution in [2.24, 2.45) is 0 Å². The highest BCUT2D eigenvalue weighted by atomic mass is 32.2. The summed E-state index contributed by atoms with van der Waals surface area (Å²) in [6.07, 6.45) is 3.35. The maximum Gasteiger partial charge on any atom is 0.271 e. The first kappa shape index (κ1) is 21.5. The van der Waals surface area contributed by atoms with Gasteiger partial charge in [-0.2, -0.15) is 0 Å². The molecule has 1 heterocycles. The number of nitro benzene ring substituents is 1. The Morgan fingerprint density at radius 1 is 1.23 bits per heavy atom. The predicted molar refractivity (Wildman–Crippen MR) is 122 cm³/mol. The van der Waals surface area contributed by atoms with Crippen LogP contribution in [-0.2, 0) is 4.79 Å². The second kappa shape index (κ2) is 9.55. The number of nitrogens with zero attached hydrogens (tertiary/aromatic N) is 2. The van der Waals surface area contributed by atoms with E-state index in [0.29, 0.717) is 39.6 Å². The van der Waals surface area contributed by atoms with Crippen LogP contribution in [0.25, 0.3) is 6.08 Å². The first-order valence-corrected chi connectivity index (χ1v) is 10.2. The van der Waals surface area contributed by atoms with E-state index in [-0.39, 0.29) is 11.6 Å². The summed E-state index contributed by atoms with van der Waals surface area (Å²) >= 11 is 6.48. The zero-order valence-electron chi connectivity index (χ0n) is 16.1. The van der Waals surface area contributed by atoms with Crippen LogP contribution in [0.4, 0.5) is 11.4 Å². The molecule has 0 spiro atoms. The van der Waals surface area contributed by atoms with Crippen molar-refractivity contribution < 1.29 is 19.2 Å². The van der Waals surface area contributed by atoms with Gasteiger partial charge in [0.25, 0.3) is 11.6 Å². The summed E-state index contributed by atoms with van der Waals surface area (Å²) in [7, 11) is 0. The molecular weight excluding hydrogens is 424 g/mol. The van der Waals surface area contributed by atoms with Gasteiger partial charge in [-0.3, -0.25) is 19.8 Å². The van der Waals surface area contributed by atoms with Crippen LogP contribution in [0, 0.1) is 10.1 Å². The standard InChI is InChI=1S/C21H18N2O5S2/c1-3-10-28-17-9-8-14(11-18(17)27-4-2)12-19-20(24)22(21(29)30-19)15-6-5-7-16(13-15)23(25)26/h3,5-9,11-13H,1,4,10H2,2H3/b19-12-. The predicted octanol–water partition coefficient (Wildman–Crippen LogP) is 4.96. The molecule has 1 aliphatic heterocycles. The van der Waals surface area contributed by atoms with E-state index in [1.807, 2.05) is 6.92 Å². The molecule has 3 rings (SSSR count). The number of hydrogen-bond donors (Lipinski definition) is 0. The maximum absolute atomic E-state index is 12.9. The Kier molecular flexibility index (Phi) is 6.86. The van der Waals surface area contributed by atoms with E-state index in [9.17, 15) is 14.9 Å². The molecule has 9 heteroatoms. The van der Waals surface area contributed by atoms with E-state index in [1.54, 1.807) is 36.4 Å². The highest BCUT2D eigenvalue weighted by Crippen LogP contribution is 2.38. The van der Waals surface area contributed by atoms with Gasteiger partial charge in [-0.05, 0) is 36.8 Å².